The molecule has 24 heavy (non-hydrogen) atoms. The lowest BCUT2D eigenvalue weighted by Gasteiger charge is -2.41. The topological polar surface area (TPSA) is 0 Å². The van der Waals surface area contributed by atoms with E-state index in [1.807, 2.05) is 6.92 Å². The van der Waals surface area contributed by atoms with Crippen molar-refractivity contribution in [1.82, 2.24) is 0 Å². The number of rotatable bonds is 4. The summed E-state index contributed by atoms with van der Waals surface area (Å²) in [5, 5.41) is 0. The second-order valence-corrected chi connectivity index (χ2v) is 9.59. The lowest BCUT2D eigenvalue weighted by atomic mass is 9.67. The first-order chi connectivity index (χ1) is 11.5. The van der Waals surface area contributed by atoms with Crippen LogP contribution in [0.2, 0.25) is 0 Å². The monoisotopic (exact) mass is 340 g/mol. The molecule has 0 heterocycles. The molecule has 4 unspecified atom stereocenters. The van der Waals surface area contributed by atoms with Crippen molar-refractivity contribution in [3.8, 4) is 0 Å². The minimum absolute atomic E-state index is 0.0111. The van der Waals surface area contributed by atoms with Crippen LogP contribution in [0.15, 0.2) is 0 Å². The normalized spacial score (nSPS) is 47.5. The van der Waals surface area contributed by atoms with Crippen LogP contribution in [0.25, 0.3) is 0 Å². The fourth-order valence-corrected chi connectivity index (χ4v) is 5.81. The summed E-state index contributed by atoms with van der Waals surface area (Å²) in [7, 11) is 0. The molecule has 4 atom stereocenters. The quantitative estimate of drug-likeness (QED) is 0.511. The first-order valence-electron chi connectivity index (χ1n) is 10.8. The summed E-state index contributed by atoms with van der Waals surface area (Å²) < 4.78 is 28.5. The molecule has 0 bridgehead atoms. The van der Waals surface area contributed by atoms with Crippen LogP contribution in [0.1, 0.15) is 90.9 Å². The predicted octanol–water partition coefficient (Wildman–Crippen LogP) is 7.12. The Bertz CT molecular complexity index is 366. The van der Waals surface area contributed by atoms with E-state index in [1.165, 1.54) is 51.4 Å². The molecular formula is C22H38F2. The van der Waals surface area contributed by atoms with Crippen LogP contribution < -0.4 is 0 Å². The van der Waals surface area contributed by atoms with E-state index in [1.54, 1.807) is 0 Å². The van der Waals surface area contributed by atoms with Crippen LogP contribution >= 0.6 is 0 Å². The molecule has 0 aromatic carbocycles. The molecule has 0 aliphatic heterocycles. The molecule has 2 heteroatoms. The Kier molecular flexibility index (Phi) is 6.60. The lowest BCUT2D eigenvalue weighted by Crippen LogP contribution is -2.41. The zero-order chi connectivity index (χ0) is 17.1. The molecule has 0 nitrogen and oxygen atoms in total. The molecule has 0 saturated heterocycles. The highest BCUT2D eigenvalue weighted by molar-refractivity contribution is 4.91. The number of alkyl halides is 2. The third-order valence-electron chi connectivity index (χ3n) is 7.83. The highest BCUT2D eigenvalue weighted by Gasteiger charge is 2.42. The second-order valence-electron chi connectivity index (χ2n) is 9.59. The van der Waals surface area contributed by atoms with E-state index >= 15 is 0 Å². The maximum atomic E-state index is 14.4. The van der Waals surface area contributed by atoms with Crippen LogP contribution in [0, 0.1) is 35.5 Å². The standard InChI is InChI=1S/C22H38F2/c1-15-3-6-17(7-4-15)8-9-18-10-12-19(13-11-18)20-14-5-16(2)21(23)22(20)24/h15-22H,3-14H2,1-2H3. The van der Waals surface area contributed by atoms with E-state index in [-0.39, 0.29) is 11.8 Å². The van der Waals surface area contributed by atoms with Crippen molar-refractivity contribution < 1.29 is 8.78 Å². The van der Waals surface area contributed by atoms with Gasteiger partial charge in [0.1, 0.15) is 12.3 Å². The van der Waals surface area contributed by atoms with E-state index in [0.717, 1.165) is 43.4 Å². The number of hydrogen-bond acceptors (Lipinski definition) is 0. The Hall–Kier alpha value is -0.140. The van der Waals surface area contributed by atoms with E-state index in [9.17, 15) is 8.78 Å². The average Bonchev–Trinajstić information content (AvgIpc) is 2.60. The molecule has 3 aliphatic carbocycles. The molecule has 0 N–H and O–H groups in total. The summed E-state index contributed by atoms with van der Waals surface area (Å²) in [5.41, 5.74) is 0. The van der Waals surface area contributed by atoms with E-state index in [2.05, 4.69) is 6.92 Å². The molecule has 140 valence electrons. The van der Waals surface area contributed by atoms with Crippen molar-refractivity contribution in [2.75, 3.05) is 0 Å². The van der Waals surface area contributed by atoms with Gasteiger partial charge in [-0.25, -0.2) is 8.78 Å². The van der Waals surface area contributed by atoms with E-state index < -0.39 is 12.3 Å². The highest BCUT2D eigenvalue weighted by Crippen LogP contribution is 2.44. The molecule has 0 radical (unpaired) electrons. The van der Waals surface area contributed by atoms with Crippen LogP contribution in [0.3, 0.4) is 0 Å². The SMILES string of the molecule is CC1CCC(CCC2CCC(C3CCC(C)C(F)C3F)CC2)CC1. The van der Waals surface area contributed by atoms with Crippen LogP contribution in [-0.4, -0.2) is 12.3 Å². The Balaban J connectivity index is 1.38. The Labute approximate surface area is 148 Å². The highest BCUT2D eigenvalue weighted by atomic mass is 19.2. The maximum absolute atomic E-state index is 14.4. The summed E-state index contributed by atoms with van der Waals surface area (Å²) in [6.45, 7) is 4.26. The summed E-state index contributed by atoms with van der Waals surface area (Å²) in [4.78, 5) is 0. The Morgan fingerprint density at radius 3 is 1.75 bits per heavy atom. The zero-order valence-electron chi connectivity index (χ0n) is 15.9. The summed E-state index contributed by atoms with van der Waals surface area (Å²) in [6.07, 6.45) is 12.8. The molecule has 3 fully saturated rings. The average molecular weight is 341 g/mol. The third kappa shape index (κ3) is 4.52. The molecule has 0 amide bonds. The van der Waals surface area contributed by atoms with Gasteiger partial charge in [0.2, 0.25) is 0 Å². The predicted molar refractivity (Wildman–Crippen MR) is 97.5 cm³/mol. The van der Waals surface area contributed by atoms with E-state index in [4.69, 9.17) is 0 Å². The zero-order valence-corrected chi connectivity index (χ0v) is 15.9. The molecule has 3 aliphatic rings. The van der Waals surface area contributed by atoms with Crippen molar-refractivity contribution >= 4 is 0 Å². The van der Waals surface area contributed by atoms with Gasteiger partial charge in [-0.05, 0) is 61.2 Å². The van der Waals surface area contributed by atoms with Gasteiger partial charge in [-0.3, -0.25) is 0 Å². The fourth-order valence-electron chi connectivity index (χ4n) is 5.81. The summed E-state index contributed by atoms with van der Waals surface area (Å²) >= 11 is 0. The van der Waals surface area contributed by atoms with Crippen LogP contribution in [0.4, 0.5) is 8.78 Å². The minimum Gasteiger partial charge on any atom is -0.244 e. The summed E-state index contributed by atoms with van der Waals surface area (Å²) in [6, 6.07) is 0. The fraction of sp³-hybridized carbons (Fsp3) is 1.00. The van der Waals surface area contributed by atoms with Gasteiger partial charge in [0.25, 0.3) is 0 Å². The lowest BCUT2D eigenvalue weighted by molar-refractivity contribution is -0.00688. The number of halogens is 2. The smallest absolute Gasteiger partial charge is 0.134 e. The van der Waals surface area contributed by atoms with Crippen molar-refractivity contribution in [2.24, 2.45) is 35.5 Å². The molecule has 3 saturated carbocycles. The second kappa shape index (κ2) is 8.49. The van der Waals surface area contributed by atoms with Crippen molar-refractivity contribution in [2.45, 2.75) is 103 Å². The Morgan fingerprint density at radius 2 is 1.17 bits per heavy atom. The largest absolute Gasteiger partial charge is 0.244 e. The minimum atomic E-state index is -1.21. The molecule has 0 aromatic heterocycles. The molecular weight excluding hydrogens is 302 g/mol. The third-order valence-corrected chi connectivity index (χ3v) is 7.83. The van der Waals surface area contributed by atoms with Gasteiger partial charge < -0.3 is 0 Å². The van der Waals surface area contributed by atoms with Gasteiger partial charge in [0, 0.05) is 0 Å². The van der Waals surface area contributed by atoms with Gasteiger partial charge in [-0.15, -0.1) is 0 Å². The molecule has 0 spiro atoms. The van der Waals surface area contributed by atoms with Crippen LogP contribution in [-0.2, 0) is 0 Å². The van der Waals surface area contributed by atoms with Crippen LogP contribution in [0.5, 0.6) is 0 Å². The van der Waals surface area contributed by atoms with Gasteiger partial charge in [-0.2, -0.15) is 0 Å². The Morgan fingerprint density at radius 1 is 0.625 bits per heavy atom. The van der Waals surface area contributed by atoms with Gasteiger partial charge in [0.05, 0.1) is 0 Å². The first kappa shape index (κ1) is 18.6. The first-order valence-corrected chi connectivity index (χ1v) is 10.8. The van der Waals surface area contributed by atoms with Crippen molar-refractivity contribution in [1.29, 1.82) is 0 Å². The summed E-state index contributed by atoms with van der Waals surface area (Å²) in [5.74, 6) is 3.17. The van der Waals surface area contributed by atoms with Crippen molar-refractivity contribution in [3.05, 3.63) is 0 Å². The van der Waals surface area contributed by atoms with E-state index in [0.29, 0.717) is 5.92 Å². The number of hydrogen-bond donors (Lipinski definition) is 0. The van der Waals surface area contributed by atoms with Gasteiger partial charge in [0.15, 0.2) is 0 Å². The molecule has 0 aromatic rings. The van der Waals surface area contributed by atoms with Crippen molar-refractivity contribution in [3.63, 3.8) is 0 Å². The maximum Gasteiger partial charge on any atom is 0.134 e. The molecule has 3 rings (SSSR count). The van der Waals surface area contributed by atoms with Gasteiger partial charge in [-0.1, -0.05) is 65.2 Å². The van der Waals surface area contributed by atoms with Gasteiger partial charge >= 0.3 is 0 Å².